The summed E-state index contributed by atoms with van der Waals surface area (Å²) >= 11 is 0. The van der Waals surface area contributed by atoms with E-state index in [9.17, 15) is 4.79 Å². The van der Waals surface area contributed by atoms with Crippen molar-refractivity contribution >= 4 is 17.5 Å². The fourth-order valence-electron chi connectivity index (χ4n) is 2.25. The van der Waals surface area contributed by atoms with E-state index >= 15 is 0 Å². The van der Waals surface area contributed by atoms with Crippen molar-refractivity contribution in [2.45, 2.75) is 26.7 Å². The molecule has 0 spiro atoms. The van der Waals surface area contributed by atoms with E-state index in [1.165, 1.54) is 0 Å². The summed E-state index contributed by atoms with van der Waals surface area (Å²) in [6, 6.07) is 0. The van der Waals surface area contributed by atoms with Crippen LogP contribution in [0.25, 0.3) is 0 Å². The van der Waals surface area contributed by atoms with Gasteiger partial charge in [-0.05, 0) is 5.92 Å². The van der Waals surface area contributed by atoms with Gasteiger partial charge in [-0.15, -0.1) is 0 Å². The van der Waals surface area contributed by atoms with Gasteiger partial charge in [0, 0.05) is 33.3 Å². The molecule has 1 rings (SSSR count). The van der Waals surface area contributed by atoms with Crippen molar-refractivity contribution in [3.05, 3.63) is 11.9 Å². The van der Waals surface area contributed by atoms with E-state index in [1.807, 2.05) is 25.9 Å². The Labute approximate surface area is 121 Å². The molecule has 1 aromatic heterocycles. The minimum absolute atomic E-state index is 0.0332. The molecule has 0 aromatic carbocycles. The summed E-state index contributed by atoms with van der Waals surface area (Å²) in [5.74, 6) is 1.94. The number of nitrogens with zero attached hydrogens (tertiary/aromatic N) is 3. The van der Waals surface area contributed by atoms with Gasteiger partial charge >= 0.3 is 0 Å². The van der Waals surface area contributed by atoms with Crippen molar-refractivity contribution in [2.75, 3.05) is 37.9 Å². The lowest BCUT2D eigenvalue weighted by atomic mass is 10.0. The number of anilines is 2. The van der Waals surface area contributed by atoms with Crippen molar-refractivity contribution < 1.29 is 4.79 Å². The average molecular weight is 279 g/mol. The summed E-state index contributed by atoms with van der Waals surface area (Å²) in [7, 11) is 5.46. The molecule has 6 nitrogen and oxygen atoms in total. The van der Waals surface area contributed by atoms with Gasteiger partial charge in [0.15, 0.2) is 0 Å². The normalized spacial score (nSPS) is 12.2. The molecule has 0 bridgehead atoms. The molecule has 0 aliphatic heterocycles. The van der Waals surface area contributed by atoms with E-state index in [2.05, 4.69) is 34.4 Å². The van der Waals surface area contributed by atoms with Crippen LogP contribution < -0.4 is 15.5 Å². The van der Waals surface area contributed by atoms with Gasteiger partial charge in [0.25, 0.3) is 0 Å². The number of nitrogens with one attached hydrogen (secondary N) is 2. The second-order valence-corrected chi connectivity index (χ2v) is 5.26. The summed E-state index contributed by atoms with van der Waals surface area (Å²) in [6.45, 7) is 6.74. The van der Waals surface area contributed by atoms with Crippen LogP contribution in [-0.2, 0) is 4.79 Å². The molecule has 1 heterocycles. The van der Waals surface area contributed by atoms with Crippen molar-refractivity contribution in [1.29, 1.82) is 0 Å². The molecule has 2 N–H and O–H groups in total. The summed E-state index contributed by atoms with van der Waals surface area (Å²) in [6.07, 6.45) is 1.55. The van der Waals surface area contributed by atoms with E-state index in [-0.39, 0.29) is 11.8 Å². The minimum Gasteiger partial charge on any atom is -0.373 e. The molecule has 0 radical (unpaired) electrons. The third kappa shape index (κ3) is 3.59. The van der Waals surface area contributed by atoms with Crippen LogP contribution in [-0.4, -0.2) is 43.6 Å². The van der Waals surface area contributed by atoms with Gasteiger partial charge in [0.1, 0.15) is 18.0 Å². The second-order valence-electron chi connectivity index (χ2n) is 5.26. The lowest BCUT2D eigenvalue weighted by Gasteiger charge is -2.26. The fraction of sp³-hybridized carbons (Fsp3) is 0.643. The number of aromatic nitrogens is 2. The standard InChI is InChI=1S/C14H25N5O/c1-9(2)11-12(15-4)17-8-18-13(11)19(6)7-10(3)14(20)16-5/h8-10H,7H2,1-6H3,(H,16,20)(H,15,17,18). The van der Waals surface area contributed by atoms with Crippen LogP contribution in [0.5, 0.6) is 0 Å². The molecular weight excluding hydrogens is 254 g/mol. The van der Waals surface area contributed by atoms with Gasteiger partial charge in [-0.2, -0.15) is 0 Å². The quantitative estimate of drug-likeness (QED) is 0.825. The smallest absolute Gasteiger partial charge is 0.224 e. The van der Waals surface area contributed by atoms with E-state index in [4.69, 9.17) is 0 Å². The predicted molar refractivity (Wildman–Crippen MR) is 82.2 cm³/mol. The maximum Gasteiger partial charge on any atom is 0.224 e. The topological polar surface area (TPSA) is 70.2 Å². The highest BCUT2D eigenvalue weighted by molar-refractivity contribution is 5.78. The van der Waals surface area contributed by atoms with Crippen LogP contribution in [0, 0.1) is 5.92 Å². The van der Waals surface area contributed by atoms with Crippen LogP contribution in [0.4, 0.5) is 11.6 Å². The third-order valence-corrected chi connectivity index (χ3v) is 3.28. The Morgan fingerprint density at radius 1 is 1.30 bits per heavy atom. The number of rotatable bonds is 6. The molecule has 1 amide bonds. The molecule has 0 fully saturated rings. The Morgan fingerprint density at radius 3 is 2.45 bits per heavy atom. The maximum absolute atomic E-state index is 11.6. The van der Waals surface area contributed by atoms with Gasteiger partial charge in [-0.25, -0.2) is 9.97 Å². The first-order chi connectivity index (χ1) is 9.42. The first kappa shape index (κ1) is 16.2. The molecular formula is C14H25N5O. The summed E-state index contributed by atoms with van der Waals surface area (Å²) in [5.41, 5.74) is 1.07. The third-order valence-electron chi connectivity index (χ3n) is 3.28. The number of amides is 1. The Kier molecular flexibility index (Phi) is 5.73. The number of hydrogen-bond donors (Lipinski definition) is 2. The first-order valence-corrected chi connectivity index (χ1v) is 6.87. The second kappa shape index (κ2) is 7.07. The van der Waals surface area contributed by atoms with Crippen molar-refractivity contribution in [3.8, 4) is 0 Å². The Balaban J connectivity index is 3.03. The number of carbonyl (C=O) groups is 1. The van der Waals surface area contributed by atoms with Gasteiger partial charge < -0.3 is 15.5 Å². The van der Waals surface area contributed by atoms with Gasteiger partial charge in [-0.1, -0.05) is 20.8 Å². The Hall–Kier alpha value is -1.85. The zero-order valence-electron chi connectivity index (χ0n) is 13.2. The monoisotopic (exact) mass is 279 g/mol. The van der Waals surface area contributed by atoms with Crippen molar-refractivity contribution in [2.24, 2.45) is 5.92 Å². The molecule has 1 unspecified atom stereocenters. The molecule has 112 valence electrons. The van der Waals surface area contributed by atoms with Crippen LogP contribution >= 0.6 is 0 Å². The molecule has 0 saturated heterocycles. The molecule has 0 aliphatic rings. The average Bonchev–Trinajstić information content (AvgIpc) is 2.44. The molecule has 1 atom stereocenters. The predicted octanol–water partition coefficient (Wildman–Crippen LogP) is 1.46. The maximum atomic E-state index is 11.6. The Morgan fingerprint density at radius 2 is 1.95 bits per heavy atom. The largest absolute Gasteiger partial charge is 0.373 e. The van der Waals surface area contributed by atoms with Crippen molar-refractivity contribution in [3.63, 3.8) is 0 Å². The van der Waals surface area contributed by atoms with Crippen LogP contribution in [0.3, 0.4) is 0 Å². The summed E-state index contributed by atoms with van der Waals surface area (Å²) in [5, 5.41) is 5.77. The van der Waals surface area contributed by atoms with Gasteiger partial charge in [-0.3, -0.25) is 4.79 Å². The lowest BCUT2D eigenvalue weighted by molar-refractivity contribution is -0.123. The van der Waals surface area contributed by atoms with Gasteiger partial charge in [0.2, 0.25) is 5.91 Å². The highest BCUT2D eigenvalue weighted by atomic mass is 16.1. The molecule has 0 aliphatic carbocycles. The highest BCUT2D eigenvalue weighted by Crippen LogP contribution is 2.30. The fourth-order valence-corrected chi connectivity index (χ4v) is 2.25. The van der Waals surface area contributed by atoms with Crippen LogP contribution in [0.15, 0.2) is 6.33 Å². The minimum atomic E-state index is -0.0991. The summed E-state index contributed by atoms with van der Waals surface area (Å²) in [4.78, 5) is 22.3. The lowest BCUT2D eigenvalue weighted by Crippen LogP contribution is -2.35. The molecule has 1 aromatic rings. The van der Waals surface area contributed by atoms with Crippen LogP contribution in [0.2, 0.25) is 0 Å². The molecule has 20 heavy (non-hydrogen) atoms. The van der Waals surface area contributed by atoms with E-state index in [1.54, 1.807) is 13.4 Å². The number of carbonyl (C=O) groups excluding carboxylic acids is 1. The van der Waals surface area contributed by atoms with Crippen molar-refractivity contribution in [1.82, 2.24) is 15.3 Å². The Bertz CT molecular complexity index is 461. The number of hydrogen-bond acceptors (Lipinski definition) is 5. The SMILES string of the molecule is CNC(=O)C(C)CN(C)c1ncnc(NC)c1C(C)C. The van der Waals surface area contributed by atoms with Crippen LogP contribution in [0.1, 0.15) is 32.3 Å². The zero-order valence-corrected chi connectivity index (χ0v) is 13.2. The van der Waals surface area contributed by atoms with E-state index < -0.39 is 0 Å². The van der Waals surface area contributed by atoms with E-state index in [0.717, 1.165) is 17.2 Å². The molecule has 0 saturated carbocycles. The zero-order chi connectivity index (χ0) is 15.3. The van der Waals surface area contributed by atoms with E-state index in [0.29, 0.717) is 12.5 Å². The molecule has 6 heteroatoms. The van der Waals surface area contributed by atoms with Gasteiger partial charge in [0.05, 0.1) is 5.92 Å². The first-order valence-electron chi connectivity index (χ1n) is 6.87. The highest BCUT2D eigenvalue weighted by Gasteiger charge is 2.20. The summed E-state index contributed by atoms with van der Waals surface area (Å²) < 4.78 is 0.